The molecule has 2 aromatic rings. The maximum absolute atomic E-state index is 12.7. The van der Waals surface area contributed by atoms with E-state index in [-0.39, 0.29) is 17.4 Å². The van der Waals surface area contributed by atoms with E-state index >= 15 is 0 Å². The molecule has 0 aromatic carbocycles. The molecule has 3 rings (SSSR count). The fraction of sp³-hybridized carbons (Fsp3) is 0.412. The van der Waals surface area contributed by atoms with Gasteiger partial charge in [-0.15, -0.1) is 0 Å². The van der Waals surface area contributed by atoms with Gasteiger partial charge in [0.25, 0.3) is 5.91 Å². The third-order valence-corrected chi connectivity index (χ3v) is 3.99. The van der Waals surface area contributed by atoms with Crippen molar-refractivity contribution in [3.63, 3.8) is 0 Å². The highest BCUT2D eigenvalue weighted by Gasteiger charge is 2.30. The minimum absolute atomic E-state index is 0.0382. The van der Waals surface area contributed by atoms with Crippen molar-refractivity contribution in [3.8, 4) is 5.88 Å². The van der Waals surface area contributed by atoms with Crippen LogP contribution in [0.2, 0.25) is 0 Å². The molecule has 26 heavy (non-hydrogen) atoms. The van der Waals surface area contributed by atoms with Crippen molar-refractivity contribution < 1.29 is 27.1 Å². The number of aromatic nitrogens is 1. The van der Waals surface area contributed by atoms with E-state index < -0.39 is 12.8 Å². The number of pyridine rings is 1. The molecule has 6 nitrogen and oxygen atoms in total. The largest absolute Gasteiger partial charge is 0.468 e. The molecule has 1 fully saturated rings. The summed E-state index contributed by atoms with van der Waals surface area (Å²) in [4.78, 5) is 20.2. The van der Waals surface area contributed by atoms with Crippen LogP contribution in [0.5, 0.6) is 5.88 Å². The van der Waals surface area contributed by atoms with Crippen LogP contribution in [0.3, 0.4) is 0 Å². The van der Waals surface area contributed by atoms with Gasteiger partial charge in [0.15, 0.2) is 6.61 Å². The third-order valence-electron chi connectivity index (χ3n) is 3.99. The van der Waals surface area contributed by atoms with E-state index in [0.717, 1.165) is 5.76 Å². The smallest absolute Gasteiger partial charge is 0.422 e. The number of furan rings is 1. The summed E-state index contributed by atoms with van der Waals surface area (Å²) in [6.07, 6.45) is -1.58. The summed E-state index contributed by atoms with van der Waals surface area (Å²) in [5.74, 6) is 0.167. The topological polar surface area (TPSA) is 58.8 Å². The van der Waals surface area contributed by atoms with Crippen molar-refractivity contribution in [2.45, 2.75) is 12.7 Å². The lowest BCUT2D eigenvalue weighted by Crippen LogP contribution is -2.48. The van der Waals surface area contributed by atoms with Gasteiger partial charge in [-0.3, -0.25) is 9.69 Å². The Morgan fingerprint density at radius 1 is 1.19 bits per heavy atom. The number of hydrogen-bond acceptors (Lipinski definition) is 5. The van der Waals surface area contributed by atoms with Crippen LogP contribution < -0.4 is 4.74 Å². The summed E-state index contributed by atoms with van der Waals surface area (Å²) in [5, 5.41) is 0. The number of carbonyl (C=O) groups is 1. The fourth-order valence-electron chi connectivity index (χ4n) is 2.72. The maximum atomic E-state index is 12.7. The molecule has 0 unspecified atom stereocenters. The number of alkyl halides is 3. The standard InChI is InChI=1S/C17H18F3N3O3/c18-17(19,20)12-26-15-14(4-1-5-21-15)16(24)23-8-6-22(7-9-23)11-13-3-2-10-25-13/h1-5,10H,6-9,11-12H2. The molecule has 9 heteroatoms. The number of halogens is 3. The molecule has 3 heterocycles. The van der Waals surface area contributed by atoms with Gasteiger partial charge < -0.3 is 14.1 Å². The molecule has 0 atom stereocenters. The van der Waals surface area contributed by atoms with Crippen LogP contribution in [0, 0.1) is 0 Å². The minimum Gasteiger partial charge on any atom is -0.468 e. The summed E-state index contributed by atoms with van der Waals surface area (Å²) < 4.78 is 47.1. The van der Waals surface area contributed by atoms with E-state index in [0.29, 0.717) is 32.7 Å². The molecule has 140 valence electrons. The van der Waals surface area contributed by atoms with Crippen molar-refractivity contribution in [1.82, 2.24) is 14.8 Å². The molecular formula is C17H18F3N3O3. The normalized spacial score (nSPS) is 15.9. The lowest BCUT2D eigenvalue weighted by Gasteiger charge is -2.34. The Hall–Kier alpha value is -2.55. The average molecular weight is 369 g/mol. The van der Waals surface area contributed by atoms with E-state index in [1.54, 1.807) is 11.2 Å². The summed E-state index contributed by atoms with van der Waals surface area (Å²) in [7, 11) is 0. The van der Waals surface area contributed by atoms with E-state index in [1.165, 1.54) is 18.3 Å². The van der Waals surface area contributed by atoms with Crippen molar-refractivity contribution in [1.29, 1.82) is 0 Å². The number of carbonyl (C=O) groups excluding carboxylic acids is 1. The molecular weight excluding hydrogens is 351 g/mol. The summed E-state index contributed by atoms with van der Waals surface area (Å²) in [6.45, 7) is 1.39. The predicted octanol–water partition coefficient (Wildman–Crippen LogP) is 2.57. The number of ether oxygens (including phenoxy) is 1. The number of amides is 1. The first-order valence-electron chi connectivity index (χ1n) is 8.11. The molecule has 0 saturated carbocycles. The quantitative estimate of drug-likeness (QED) is 0.811. The van der Waals surface area contributed by atoms with Crippen LogP contribution in [-0.2, 0) is 6.54 Å². The number of hydrogen-bond donors (Lipinski definition) is 0. The van der Waals surface area contributed by atoms with Gasteiger partial charge in [-0.25, -0.2) is 4.98 Å². The van der Waals surface area contributed by atoms with Gasteiger partial charge in [0.2, 0.25) is 5.88 Å². The molecule has 1 saturated heterocycles. The van der Waals surface area contributed by atoms with Gasteiger partial charge in [0.1, 0.15) is 11.3 Å². The van der Waals surface area contributed by atoms with Crippen molar-refractivity contribution in [2.75, 3.05) is 32.8 Å². The summed E-state index contributed by atoms with van der Waals surface area (Å²) in [5.41, 5.74) is 0.0382. The molecule has 1 aliphatic heterocycles. The molecule has 1 amide bonds. The fourth-order valence-corrected chi connectivity index (χ4v) is 2.72. The summed E-state index contributed by atoms with van der Waals surface area (Å²) in [6, 6.07) is 6.63. The zero-order valence-electron chi connectivity index (χ0n) is 13.9. The SMILES string of the molecule is O=C(c1cccnc1OCC(F)(F)F)N1CCN(Cc2ccco2)CC1. The second kappa shape index (κ2) is 7.77. The van der Waals surface area contributed by atoms with Crippen LogP contribution in [0.15, 0.2) is 41.1 Å². The number of piperazine rings is 1. The van der Waals surface area contributed by atoms with Gasteiger partial charge in [0, 0.05) is 32.4 Å². The molecule has 0 aliphatic carbocycles. The lowest BCUT2D eigenvalue weighted by molar-refractivity contribution is -0.154. The highest BCUT2D eigenvalue weighted by atomic mass is 19.4. The second-order valence-electron chi connectivity index (χ2n) is 5.91. The highest BCUT2D eigenvalue weighted by molar-refractivity contribution is 5.96. The third kappa shape index (κ3) is 4.75. The van der Waals surface area contributed by atoms with Gasteiger partial charge in [-0.2, -0.15) is 13.2 Å². The first-order chi connectivity index (χ1) is 12.4. The predicted molar refractivity (Wildman–Crippen MR) is 85.7 cm³/mol. The summed E-state index contributed by atoms with van der Waals surface area (Å²) >= 11 is 0. The Morgan fingerprint density at radius 2 is 1.96 bits per heavy atom. The number of rotatable bonds is 5. The Morgan fingerprint density at radius 3 is 2.62 bits per heavy atom. The Balaban J connectivity index is 1.60. The molecule has 2 aromatic heterocycles. The maximum Gasteiger partial charge on any atom is 0.422 e. The number of nitrogens with zero attached hydrogens (tertiary/aromatic N) is 3. The zero-order chi connectivity index (χ0) is 18.6. The monoisotopic (exact) mass is 369 g/mol. The van der Waals surface area contributed by atoms with Crippen LogP contribution >= 0.6 is 0 Å². The minimum atomic E-state index is -4.49. The van der Waals surface area contributed by atoms with Crippen molar-refractivity contribution in [3.05, 3.63) is 48.0 Å². The Kier molecular flexibility index (Phi) is 5.46. The van der Waals surface area contributed by atoms with Crippen LogP contribution in [0.4, 0.5) is 13.2 Å². The highest BCUT2D eigenvalue weighted by Crippen LogP contribution is 2.22. The average Bonchev–Trinajstić information content (AvgIpc) is 3.13. The molecule has 0 bridgehead atoms. The molecule has 0 radical (unpaired) electrons. The Labute approximate surface area is 148 Å². The van der Waals surface area contributed by atoms with Gasteiger partial charge in [0.05, 0.1) is 12.8 Å². The lowest BCUT2D eigenvalue weighted by atomic mass is 10.2. The van der Waals surface area contributed by atoms with E-state index in [2.05, 4.69) is 9.88 Å². The van der Waals surface area contributed by atoms with Crippen LogP contribution in [0.1, 0.15) is 16.1 Å². The second-order valence-corrected chi connectivity index (χ2v) is 5.91. The molecule has 1 aliphatic rings. The molecule has 0 N–H and O–H groups in total. The van der Waals surface area contributed by atoms with Crippen LogP contribution in [0.25, 0.3) is 0 Å². The first-order valence-corrected chi connectivity index (χ1v) is 8.11. The van der Waals surface area contributed by atoms with Gasteiger partial charge in [-0.1, -0.05) is 0 Å². The van der Waals surface area contributed by atoms with Gasteiger partial charge in [-0.05, 0) is 24.3 Å². The van der Waals surface area contributed by atoms with Crippen molar-refractivity contribution >= 4 is 5.91 Å². The van der Waals surface area contributed by atoms with E-state index in [4.69, 9.17) is 9.15 Å². The zero-order valence-corrected chi connectivity index (χ0v) is 13.9. The van der Waals surface area contributed by atoms with Crippen LogP contribution in [-0.4, -0.2) is 59.7 Å². The first kappa shape index (κ1) is 18.2. The molecule has 0 spiro atoms. The van der Waals surface area contributed by atoms with E-state index in [1.807, 2.05) is 12.1 Å². The van der Waals surface area contributed by atoms with Gasteiger partial charge >= 0.3 is 6.18 Å². The Bertz CT molecular complexity index is 726. The van der Waals surface area contributed by atoms with Crippen molar-refractivity contribution in [2.24, 2.45) is 0 Å². The van der Waals surface area contributed by atoms with E-state index in [9.17, 15) is 18.0 Å².